The normalized spacial score (nSPS) is 11.6. The van der Waals surface area contributed by atoms with Gasteiger partial charge in [-0.3, -0.25) is 9.10 Å². The summed E-state index contributed by atoms with van der Waals surface area (Å²) in [6, 6.07) is 22.0. The number of ether oxygens (including phenoxy) is 2. The van der Waals surface area contributed by atoms with Gasteiger partial charge < -0.3 is 9.47 Å². The number of anilines is 1. The van der Waals surface area contributed by atoms with Gasteiger partial charge in [0.15, 0.2) is 0 Å². The number of para-hydroxylation sites is 2. The van der Waals surface area contributed by atoms with Gasteiger partial charge in [-0.05, 0) is 74.9 Å². The fourth-order valence-corrected chi connectivity index (χ4v) is 4.75. The van der Waals surface area contributed by atoms with E-state index in [0.717, 1.165) is 15.6 Å². The summed E-state index contributed by atoms with van der Waals surface area (Å²) in [4.78, 5) is 12.9. The quantitative estimate of drug-likeness (QED) is 0.317. The van der Waals surface area contributed by atoms with Crippen molar-refractivity contribution in [2.75, 3.05) is 24.1 Å². The van der Waals surface area contributed by atoms with Crippen molar-refractivity contribution in [2.24, 2.45) is 5.10 Å². The fourth-order valence-electron chi connectivity index (χ4n) is 3.30. The Labute approximate surface area is 206 Å². The maximum absolute atomic E-state index is 13.5. The molecule has 0 aromatic heterocycles. The topological polar surface area (TPSA) is 97.3 Å². The second-order valence-corrected chi connectivity index (χ2v) is 9.28. The number of hydrazone groups is 1. The molecule has 8 nitrogen and oxygen atoms in total. The van der Waals surface area contributed by atoms with E-state index in [0.29, 0.717) is 24.7 Å². The van der Waals surface area contributed by atoms with Crippen molar-refractivity contribution >= 4 is 27.3 Å². The molecule has 0 unspecified atom stereocenters. The van der Waals surface area contributed by atoms with E-state index in [1.807, 2.05) is 31.2 Å². The lowest BCUT2D eigenvalue weighted by molar-refractivity contribution is -0.119. The molecule has 0 saturated carbocycles. The van der Waals surface area contributed by atoms with Crippen molar-refractivity contribution < 1.29 is 22.7 Å². The Morgan fingerprint density at radius 3 is 2.17 bits per heavy atom. The van der Waals surface area contributed by atoms with Crippen molar-refractivity contribution in [3.63, 3.8) is 0 Å². The van der Waals surface area contributed by atoms with E-state index < -0.39 is 22.5 Å². The minimum absolute atomic E-state index is 0.0631. The molecule has 0 heterocycles. The zero-order valence-electron chi connectivity index (χ0n) is 20.0. The number of benzene rings is 3. The molecule has 0 saturated heterocycles. The molecule has 3 aromatic rings. The van der Waals surface area contributed by atoms with E-state index in [1.165, 1.54) is 12.1 Å². The predicted molar refractivity (Wildman–Crippen MR) is 137 cm³/mol. The Balaban J connectivity index is 1.86. The van der Waals surface area contributed by atoms with Crippen molar-refractivity contribution in [3.8, 4) is 11.5 Å². The molecule has 0 bridgehead atoms. The van der Waals surface area contributed by atoms with E-state index in [2.05, 4.69) is 10.5 Å². The van der Waals surface area contributed by atoms with Gasteiger partial charge in [0.2, 0.25) is 0 Å². The average Bonchev–Trinajstić information content (AvgIpc) is 2.87. The third-order valence-electron chi connectivity index (χ3n) is 4.98. The van der Waals surface area contributed by atoms with E-state index in [1.54, 1.807) is 56.3 Å². The molecule has 3 aromatic carbocycles. The lowest BCUT2D eigenvalue weighted by atomic mass is 10.1. The van der Waals surface area contributed by atoms with Crippen molar-refractivity contribution in [1.82, 2.24) is 5.43 Å². The Morgan fingerprint density at radius 1 is 0.886 bits per heavy atom. The Morgan fingerprint density at radius 2 is 1.51 bits per heavy atom. The van der Waals surface area contributed by atoms with Gasteiger partial charge in [0.25, 0.3) is 15.9 Å². The molecule has 0 aliphatic heterocycles. The van der Waals surface area contributed by atoms with Crippen LogP contribution in [0.15, 0.2) is 88.9 Å². The molecule has 9 heteroatoms. The molecule has 0 spiro atoms. The molecule has 0 aliphatic carbocycles. The molecule has 3 rings (SSSR count). The molecule has 35 heavy (non-hydrogen) atoms. The van der Waals surface area contributed by atoms with Gasteiger partial charge in [0.05, 0.1) is 29.5 Å². The molecular weight excluding hydrogens is 466 g/mol. The van der Waals surface area contributed by atoms with Crippen LogP contribution in [0.2, 0.25) is 0 Å². The molecule has 0 radical (unpaired) electrons. The maximum atomic E-state index is 13.5. The van der Waals surface area contributed by atoms with Crippen LogP contribution in [0.25, 0.3) is 0 Å². The molecule has 1 N–H and O–H groups in total. The molecule has 0 fully saturated rings. The number of sulfonamides is 1. The minimum atomic E-state index is -4.06. The van der Waals surface area contributed by atoms with E-state index in [4.69, 9.17) is 9.47 Å². The third-order valence-corrected chi connectivity index (χ3v) is 6.76. The first-order valence-electron chi connectivity index (χ1n) is 11.2. The lowest BCUT2D eigenvalue weighted by Gasteiger charge is -2.25. The van der Waals surface area contributed by atoms with Gasteiger partial charge in [-0.25, -0.2) is 13.8 Å². The largest absolute Gasteiger partial charge is 0.494 e. The van der Waals surface area contributed by atoms with Crippen LogP contribution in [0.1, 0.15) is 26.3 Å². The second kappa shape index (κ2) is 12.0. The zero-order valence-corrected chi connectivity index (χ0v) is 20.8. The van der Waals surface area contributed by atoms with E-state index in [9.17, 15) is 13.2 Å². The lowest BCUT2D eigenvalue weighted by Crippen LogP contribution is -2.40. The van der Waals surface area contributed by atoms with Crippen molar-refractivity contribution in [1.29, 1.82) is 0 Å². The summed E-state index contributed by atoms with van der Waals surface area (Å²) in [5.74, 6) is 0.500. The Hall–Kier alpha value is -3.85. The summed E-state index contributed by atoms with van der Waals surface area (Å²) >= 11 is 0. The number of nitrogens with one attached hydrogen (secondary N) is 1. The van der Waals surface area contributed by atoms with Crippen LogP contribution < -0.4 is 19.2 Å². The molecule has 184 valence electrons. The van der Waals surface area contributed by atoms with Gasteiger partial charge in [-0.15, -0.1) is 0 Å². The van der Waals surface area contributed by atoms with Crippen LogP contribution in [0.4, 0.5) is 5.69 Å². The third kappa shape index (κ3) is 6.60. The van der Waals surface area contributed by atoms with Gasteiger partial charge in [0, 0.05) is 0 Å². The summed E-state index contributed by atoms with van der Waals surface area (Å²) in [6.45, 7) is 5.88. The highest BCUT2D eigenvalue weighted by atomic mass is 32.2. The summed E-state index contributed by atoms with van der Waals surface area (Å²) < 4.78 is 39.1. The number of nitrogens with zero attached hydrogens (tertiary/aromatic N) is 2. The first-order valence-corrected chi connectivity index (χ1v) is 12.7. The summed E-state index contributed by atoms with van der Waals surface area (Å²) in [5, 5.41) is 4.15. The van der Waals surface area contributed by atoms with Gasteiger partial charge >= 0.3 is 0 Å². The van der Waals surface area contributed by atoms with Crippen LogP contribution in [-0.2, 0) is 14.8 Å². The van der Waals surface area contributed by atoms with Gasteiger partial charge in [-0.1, -0.05) is 30.3 Å². The van der Waals surface area contributed by atoms with Crippen molar-refractivity contribution in [3.05, 3.63) is 84.4 Å². The van der Waals surface area contributed by atoms with Crippen LogP contribution in [0, 0.1) is 0 Å². The fraction of sp³-hybridized carbons (Fsp3) is 0.231. The first kappa shape index (κ1) is 25.8. The van der Waals surface area contributed by atoms with Gasteiger partial charge in [0.1, 0.15) is 18.0 Å². The number of hydrogen-bond acceptors (Lipinski definition) is 6. The van der Waals surface area contributed by atoms with Crippen LogP contribution in [0.3, 0.4) is 0 Å². The van der Waals surface area contributed by atoms with Crippen LogP contribution in [-0.4, -0.2) is 39.8 Å². The molecule has 0 atom stereocenters. The highest BCUT2D eigenvalue weighted by molar-refractivity contribution is 7.92. The molecule has 1 amide bonds. The molecular formula is C26H29N3O5S. The van der Waals surface area contributed by atoms with Crippen LogP contribution in [0.5, 0.6) is 11.5 Å². The smallest absolute Gasteiger partial charge is 0.264 e. The highest BCUT2D eigenvalue weighted by Gasteiger charge is 2.29. The van der Waals surface area contributed by atoms with Crippen molar-refractivity contribution in [2.45, 2.75) is 25.7 Å². The zero-order chi connectivity index (χ0) is 25.3. The Bertz CT molecular complexity index is 1260. The van der Waals surface area contributed by atoms with Crippen LogP contribution >= 0.6 is 0 Å². The summed E-state index contributed by atoms with van der Waals surface area (Å²) in [6.07, 6.45) is 0. The SMILES string of the molecule is CCOc1ccc(/C(C)=N\NC(=O)CN(c2ccccc2OCC)S(=O)(=O)c2ccccc2)cc1. The second-order valence-electron chi connectivity index (χ2n) is 7.42. The van der Waals surface area contributed by atoms with Gasteiger partial charge in [-0.2, -0.15) is 5.10 Å². The standard InChI is InChI=1S/C26H29N3O5S/c1-4-33-22-17-15-21(16-18-22)20(3)27-28-26(30)19-29(24-13-9-10-14-25(24)34-5-2)35(31,32)23-11-7-6-8-12-23/h6-18H,4-5,19H2,1-3H3,(H,28,30)/b27-20-. The predicted octanol–water partition coefficient (Wildman–Crippen LogP) is 4.22. The summed E-state index contributed by atoms with van der Waals surface area (Å²) in [7, 11) is -4.06. The van der Waals surface area contributed by atoms with E-state index >= 15 is 0 Å². The number of amides is 1. The number of hydrogen-bond donors (Lipinski definition) is 1. The summed E-state index contributed by atoms with van der Waals surface area (Å²) in [5.41, 5.74) is 4.09. The first-order chi connectivity index (χ1) is 16.9. The maximum Gasteiger partial charge on any atom is 0.264 e. The number of carbonyl (C=O) groups excluding carboxylic acids is 1. The monoisotopic (exact) mass is 495 g/mol. The van der Waals surface area contributed by atoms with E-state index in [-0.39, 0.29) is 10.6 Å². The minimum Gasteiger partial charge on any atom is -0.494 e. The average molecular weight is 496 g/mol. The molecule has 0 aliphatic rings. The Kier molecular flexibility index (Phi) is 8.86. The highest BCUT2D eigenvalue weighted by Crippen LogP contribution is 2.32. The number of carbonyl (C=O) groups is 1. The number of rotatable bonds is 11.